The number of H-pyrrole nitrogens is 1. The average Bonchev–Trinajstić information content (AvgIpc) is 3.91. The molecular formula is C47H56N4O6. The summed E-state index contributed by atoms with van der Waals surface area (Å²) in [6.45, 7) is 2.94. The van der Waals surface area contributed by atoms with E-state index in [1.807, 2.05) is 78.9 Å². The molecule has 0 saturated carbocycles. The van der Waals surface area contributed by atoms with Gasteiger partial charge in [0.05, 0.1) is 17.1 Å². The first kappa shape index (κ1) is 42.4. The van der Waals surface area contributed by atoms with Gasteiger partial charge in [-0.3, -0.25) is 4.79 Å². The normalized spacial score (nSPS) is 13.9. The molecule has 4 aromatic rings. The average molecular weight is 773 g/mol. The van der Waals surface area contributed by atoms with Gasteiger partial charge in [0, 0.05) is 41.8 Å². The van der Waals surface area contributed by atoms with Crippen LogP contribution in [0, 0.1) is 0 Å². The van der Waals surface area contributed by atoms with Gasteiger partial charge in [0.15, 0.2) is 0 Å². The molecule has 10 heteroatoms. The lowest BCUT2D eigenvalue weighted by atomic mass is 10.0. The second-order valence-corrected chi connectivity index (χ2v) is 14.7. The van der Waals surface area contributed by atoms with Gasteiger partial charge in [-0.25, -0.2) is 14.6 Å². The zero-order chi connectivity index (χ0) is 40.2. The number of aliphatic carboxylic acids is 2. The fourth-order valence-electron chi connectivity index (χ4n) is 6.87. The first-order chi connectivity index (χ1) is 27.8. The predicted octanol–water partition coefficient (Wildman–Crippen LogP) is 10.7. The number of unbranched alkanes of at least 4 members (excludes halogenated alkanes) is 13. The van der Waals surface area contributed by atoms with Crippen LogP contribution in [-0.2, 0) is 19.2 Å². The Morgan fingerprint density at radius 1 is 0.684 bits per heavy atom. The van der Waals surface area contributed by atoms with Crippen molar-refractivity contribution < 1.29 is 29.4 Å². The van der Waals surface area contributed by atoms with Gasteiger partial charge in [-0.15, -0.1) is 0 Å². The number of carbonyl (C=O) groups is 3. The van der Waals surface area contributed by atoms with E-state index in [0.717, 1.165) is 63.7 Å². The van der Waals surface area contributed by atoms with Crippen LogP contribution in [0.2, 0.25) is 0 Å². The Bertz CT molecular complexity index is 1980. The summed E-state index contributed by atoms with van der Waals surface area (Å²) in [5, 5.41) is 25.3. The van der Waals surface area contributed by atoms with E-state index in [2.05, 4.69) is 22.4 Å². The Labute approximate surface area is 336 Å². The van der Waals surface area contributed by atoms with Gasteiger partial charge in [0.2, 0.25) is 12.0 Å². The van der Waals surface area contributed by atoms with Crippen molar-refractivity contribution in [3.8, 4) is 33.9 Å². The molecule has 0 spiro atoms. The third-order valence-electron chi connectivity index (χ3n) is 10.2. The molecule has 300 valence electrons. The van der Waals surface area contributed by atoms with Gasteiger partial charge in [-0.1, -0.05) is 168 Å². The van der Waals surface area contributed by atoms with Gasteiger partial charge in [-0.05, 0) is 35.3 Å². The smallest absolute Gasteiger partial charge is 0.348 e. The predicted molar refractivity (Wildman–Crippen MR) is 228 cm³/mol. The Hall–Kier alpha value is -5.77. The number of hydrogen-bond acceptors (Lipinski definition) is 6. The Kier molecular flexibility index (Phi) is 16.9. The van der Waals surface area contributed by atoms with E-state index < -0.39 is 18.0 Å². The first-order valence-electron chi connectivity index (χ1n) is 20.5. The van der Waals surface area contributed by atoms with Crippen molar-refractivity contribution in [1.29, 1.82) is 0 Å². The number of nitrogens with one attached hydrogen (secondary N) is 2. The van der Waals surface area contributed by atoms with Crippen LogP contribution in [0.25, 0.3) is 46.1 Å². The van der Waals surface area contributed by atoms with E-state index >= 15 is 0 Å². The van der Waals surface area contributed by atoms with Crippen LogP contribution < -0.4 is 5.32 Å². The Balaban J connectivity index is 1.14. The van der Waals surface area contributed by atoms with E-state index in [1.54, 1.807) is 12.2 Å². The standard InChI is InChI=1S/C47H56N4O6/c1-2-3-4-5-6-7-8-9-10-11-12-13-14-15-32-48-42(52)30-20-34-16-22-37(23-17-34)44-45(38-24-18-35(19-25-38)21-31-43(53)54)50-46(49-44)39-28-26-36(27-29-39)40-33-41(47(55)56)57-51-40/h16-31,41H,2-15,32-33H2,1H3,(H,48,52)(H,49,50)(H,53,54)(H,55,56)/b30-20-,31-21+. The molecule has 3 aromatic carbocycles. The number of amides is 1. The summed E-state index contributed by atoms with van der Waals surface area (Å²) in [5.74, 6) is -1.53. The second kappa shape index (κ2) is 22.7. The van der Waals surface area contributed by atoms with Crippen LogP contribution in [0.4, 0.5) is 0 Å². The van der Waals surface area contributed by atoms with Gasteiger partial charge in [0.25, 0.3) is 0 Å². The van der Waals surface area contributed by atoms with Gasteiger partial charge < -0.3 is 25.4 Å². The highest BCUT2D eigenvalue weighted by atomic mass is 16.7. The lowest BCUT2D eigenvalue weighted by molar-refractivity contribution is -0.148. The van der Waals surface area contributed by atoms with Crippen LogP contribution in [0.5, 0.6) is 0 Å². The maximum Gasteiger partial charge on any atom is 0.348 e. The summed E-state index contributed by atoms with van der Waals surface area (Å²) in [4.78, 5) is 48.4. The molecule has 2 heterocycles. The summed E-state index contributed by atoms with van der Waals surface area (Å²) in [6.07, 6.45) is 23.5. The molecule has 1 atom stereocenters. The number of imidazole rings is 1. The fourth-order valence-corrected chi connectivity index (χ4v) is 6.87. The van der Waals surface area contributed by atoms with Gasteiger partial charge in [-0.2, -0.15) is 0 Å². The zero-order valence-corrected chi connectivity index (χ0v) is 33.1. The molecule has 5 rings (SSSR count). The number of oxime groups is 1. The quantitative estimate of drug-likeness (QED) is 0.0408. The van der Waals surface area contributed by atoms with Crippen molar-refractivity contribution in [3.05, 3.63) is 102 Å². The molecule has 0 saturated heterocycles. The minimum absolute atomic E-state index is 0.102. The number of aromatic nitrogens is 2. The summed E-state index contributed by atoms with van der Waals surface area (Å²) in [5.41, 5.74) is 7.05. The van der Waals surface area contributed by atoms with Crippen LogP contribution in [-0.4, -0.2) is 56.4 Å². The number of nitrogens with zero attached hydrogens (tertiary/aromatic N) is 2. The monoisotopic (exact) mass is 772 g/mol. The molecule has 1 aliphatic rings. The van der Waals surface area contributed by atoms with E-state index in [9.17, 15) is 19.5 Å². The molecule has 1 aliphatic heterocycles. The number of carbonyl (C=O) groups excluding carboxylic acids is 1. The molecule has 4 N–H and O–H groups in total. The molecule has 1 amide bonds. The highest BCUT2D eigenvalue weighted by Crippen LogP contribution is 2.34. The fraction of sp³-hybridized carbons (Fsp3) is 0.383. The molecule has 1 aromatic heterocycles. The molecule has 0 aliphatic carbocycles. The highest BCUT2D eigenvalue weighted by Gasteiger charge is 2.28. The molecule has 1 unspecified atom stereocenters. The highest BCUT2D eigenvalue weighted by molar-refractivity contribution is 6.03. The summed E-state index contributed by atoms with van der Waals surface area (Å²) in [7, 11) is 0. The van der Waals surface area contributed by atoms with Crippen LogP contribution in [0.15, 0.2) is 90.1 Å². The summed E-state index contributed by atoms with van der Waals surface area (Å²) < 4.78 is 0. The SMILES string of the molecule is CCCCCCCCCCCCCCCCNC(=O)/C=C\c1ccc(-c2nc(-c3ccc(C4=NOC(C(=O)O)C4)cc3)[nH]c2-c2ccc(/C=C/C(=O)O)cc2)cc1. The maximum absolute atomic E-state index is 12.5. The maximum atomic E-state index is 12.5. The number of carboxylic acid groups (broad SMARTS) is 2. The van der Waals surface area contributed by atoms with Crippen molar-refractivity contribution in [1.82, 2.24) is 15.3 Å². The summed E-state index contributed by atoms with van der Waals surface area (Å²) in [6, 6.07) is 22.9. The molecule has 0 bridgehead atoms. The molecule has 10 nitrogen and oxygen atoms in total. The number of benzene rings is 3. The zero-order valence-electron chi connectivity index (χ0n) is 33.1. The van der Waals surface area contributed by atoms with Crippen molar-refractivity contribution >= 4 is 35.7 Å². The van der Waals surface area contributed by atoms with E-state index in [4.69, 9.17) is 14.9 Å². The Morgan fingerprint density at radius 3 is 1.74 bits per heavy atom. The number of aromatic amines is 1. The van der Waals surface area contributed by atoms with Gasteiger partial charge >= 0.3 is 11.9 Å². The van der Waals surface area contributed by atoms with Crippen molar-refractivity contribution in [2.45, 2.75) is 109 Å². The molecule has 0 fully saturated rings. The Morgan fingerprint density at radius 2 is 1.19 bits per heavy atom. The minimum Gasteiger partial charge on any atom is -0.478 e. The topological polar surface area (TPSA) is 154 Å². The summed E-state index contributed by atoms with van der Waals surface area (Å²) >= 11 is 0. The van der Waals surface area contributed by atoms with Crippen LogP contribution >= 0.6 is 0 Å². The first-order valence-corrected chi connectivity index (χ1v) is 20.5. The lowest BCUT2D eigenvalue weighted by Gasteiger charge is -2.05. The van der Waals surface area contributed by atoms with Crippen LogP contribution in [0.3, 0.4) is 0 Å². The van der Waals surface area contributed by atoms with Crippen molar-refractivity contribution in [2.75, 3.05) is 6.54 Å². The second-order valence-electron chi connectivity index (χ2n) is 14.7. The van der Waals surface area contributed by atoms with E-state index in [0.29, 0.717) is 18.1 Å². The van der Waals surface area contributed by atoms with E-state index in [1.165, 1.54) is 77.0 Å². The molecule has 0 radical (unpaired) electrons. The van der Waals surface area contributed by atoms with E-state index in [-0.39, 0.29) is 12.3 Å². The number of hydrogen-bond donors (Lipinski definition) is 4. The van der Waals surface area contributed by atoms with Gasteiger partial charge in [0.1, 0.15) is 5.82 Å². The van der Waals surface area contributed by atoms with Crippen LogP contribution in [0.1, 0.15) is 120 Å². The minimum atomic E-state index is -1.05. The third kappa shape index (κ3) is 13.7. The lowest BCUT2D eigenvalue weighted by Crippen LogP contribution is -2.21. The molecule has 57 heavy (non-hydrogen) atoms. The van der Waals surface area contributed by atoms with Crippen molar-refractivity contribution in [2.24, 2.45) is 5.16 Å². The number of rotatable bonds is 24. The largest absolute Gasteiger partial charge is 0.478 e. The third-order valence-corrected chi connectivity index (χ3v) is 10.2. The van der Waals surface area contributed by atoms with Crippen molar-refractivity contribution in [3.63, 3.8) is 0 Å². The molecular weight excluding hydrogens is 717 g/mol. The number of carboxylic acids is 2.